The molecule has 0 amide bonds. The molecule has 1 fully saturated rings. The molecule has 8 heteroatoms. The van der Waals surface area contributed by atoms with Crippen LogP contribution in [0.1, 0.15) is 28.5 Å². The van der Waals surface area contributed by atoms with Crippen LogP contribution in [-0.4, -0.2) is 38.4 Å². The zero-order valence-corrected chi connectivity index (χ0v) is 13.0. The van der Waals surface area contributed by atoms with E-state index in [9.17, 15) is 18.7 Å². The van der Waals surface area contributed by atoms with Crippen LogP contribution in [0.5, 0.6) is 0 Å². The van der Waals surface area contributed by atoms with Crippen LogP contribution in [0.25, 0.3) is 5.65 Å². The van der Waals surface area contributed by atoms with Gasteiger partial charge in [0.25, 0.3) is 0 Å². The molecule has 0 saturated carbocycles. The number of imidazole rings is 1. The lowest BCUT2D eigenvalue weighted by Gasteiger charge is -2.25. The van der Waals surface area contributed by atoms with Crippen molar-refractivity contribution in [2.24, 2.45) is 0 Å². The average molecular weight is 344 g/mol. The van der Waals surface area contributed by atoms with Crippen molar-refractivity contribution in [3.05, 3.63) is 59.7 Å². The summed E-state index contributed by atoms with van der Waals surface area (Å²) in [6.07, 6.45) is 0.367. The number of nitrogens with zero attached hydrogens (tertiary/aromatic N) is 4. The molecular weight excluding hydrogens is 330 g/mol. The van der Waals surface area contributed by atoms with Crippen LogP contribution in [0.15, 0.2) is 42.6 Å². The van der Waals surface area contributed by atoms with E-state index in [1.165, 1.54) is 22.8 Å². The van der Waals surface area contributed by atoms with Crippen molar-refractivity contribution < 1.29 is 18.7 Å². The molecule has 0 radical (unpaired) electrons. The molecule has 2 aromatic heterocycles. The van der Waals surface area contributed by atoms with Crippen molar-refractivity contribution in [1.29, 1.82) is 0 Å². The minimum absolute atomic E-state index is 0.0739. The van der Waals surface area contributed by atoms with Crippen LogP contribution < -0.4 is 4.90 Å². The maximum absolute atomic E-state index is 14.1. The van der Waals surface area contributed by atoms with Crippen LogP contribution in [-0.2, 0) is 0 Å². The van der Waals surface area contributed by atoms with E-state index in [0.717, 1.165) is 0 Å². The van der Waals surface area contributed by atoms with E-state index in [4.69, 9.17) is 0 Å². The van der Waals surface area contributed by atoms with Gasteiger partial charge >= 0.3 is 5.97 Å². The van der Waals surface area contributed by atoms with Gasteiger partial charge in [-0.25, -0.2) is 23.1 Å². The summed E-state index contributed by atoms with van der Waals surface area (Å²) < 4.78 is 28.8. The third-order valence-electron chi connectivity index (χ3n) is 4.35. The lowest BCUT2D eigenvalue weighted by Crippen LogP contribution is -2.25. The predicted molar refractivity (Wildman–Crippen MR) is 85.9 cm³/mol. The van der Waals surface area contributed by atoms with Crippen LogP contribution in [0.4, 0.5) is 14.6 Å². The van der Waals surface area contributed by atoms with Gasteiger partial charge in [-0.1, -0.05) is 12.1 Å². The predicted octanol–water partition coefficient (Wildman–Crippen LogP) is 2.86. The highest BCUT2D eigenvalue weighted by Gasteiger charge is 2.34. The van der Waals surface area contributed by atoms with Crippen molar-refractivity contribution in [2.75, 3.05) is 11.4 Å². The molecule has 4 rings (SSSR count). The van der Waals surface area contributed by atoms with Gasteiger partial charge in [0.05, 0.1) is 18.8 Å². The largest absolute Gasteiger partial charge is 0.476 e. The summed E-state index contributed by atoms with van der Waals surface area (Å²) in [6.45, 7) is 0.108. The first-order valence-electron chi connectivity index (χ1n) is 7.77. The summed E-state index contributed by atoms with van der Waals surface area (Å²) in [4.78, 5) is 17.0. The highest BCUT2D eigenvalue weighted by Crippen LogP contribution is 2.36. The van der Waals surface area contributed by atoms with Crippen molar-refractivity contribution in [2.45, 2.75) is 18.6 Å². The van der Waals surface area contributed by atoms with Crippen molar-refractivity contribution >= 4 is 17.4 Å². The first kappa shape index (κ1) is 15.5. The maximum atomic E-state index is 14.1. The average Bonchev–Trinajstić information content (AvgIpc) is 3.17. The Morgan fingerprint density at radius 2 is 2.12 bits per heavy atom. The number of alkyl halides is 1. The van der Waals surface area contributed by atoms with Crippen LogP contribution >= 0.6 is 0 Å². The van der Waals surface area contributed by atoms with Gasteiger partial charge in [-0.3, -0.25) is 0 Å². The van der Waals surface area contributed by atoms with Gasteiger partial charge in [-0.05, 0) is 29.8 Å². The molecule has 25 heavy (non-hydrogen) atoms. The number of fused-ring (bicyclic) bond motifs is 1. The molecule has 2 atom stereocenters. The lowest BCUT2D eigenvalue weighted by molar-refractivity contribution is 0.0688. The summed E-state index contributed by atoms with van der Waals surface area (Å²) in [5, 5.41) is 13.5. The van der Waals surface area contributed by atoms with Crippen LogP contribution in [0.2, 0.25) is 0 Å². The van der Waals surface area contributed by atoms with Gasteiger partial charge in [0.2, 0.25) is 0 Å². The van der Waals surface area contributed by atoms with E-state index in [2.05, 4.69) is 10.1 Å². The molecule has 1 unspecified atom stereocenters. The number of hydrogen-bond donors (Lipinski definition) is 1. The number of aromatic carboxylic acids is 1. The standard InChI is InChI=1S/C17H14F2N4O2/c18-11-3-1-2-10(6-11)13-7-12(19)9-22(13)16-5-4-15-20-8-14(17(24)25)23(15)21-16/h1-6,8,12-13H,7,9H2,(H,24,25)/t12-,13?/m0/s1. The number of benzene rings is 1. The van der Waals surface area contributed by atoms with Crippen molar-refractivity contribution in [3.8, 4) is 0 Å². The number of anilines is 1. The Kier molecular flexibility index (Phi) is 3.60. The fourth-order valence-electron chi connectivity index (χ4n) is 3.23. The molecule has 1 N–H and O–H groups in total. The van der Waals surface area contributed by atoms with Crippen molar-refractivity contribution in [3.63, 3.8) is 0 Å². The van der Waals surface area contributed by atoms with E-state index in [1.807, 2.05) is 0 Å². The minimum Gasteiger partial charge on any atom is -0.476 e. The SMILES string of the molecule is O=C(O)c1cnc2ccc(N3C[C@@H](F)CC3c3cccc(F)c3)nn12. The van der Waals surface area contributed by atoms with Gasteiger partial charge in [0.15, 0.2) is 11.3 Å². The Hall–Kier alpha value is -3.03. The number of aromatic nitrogens is 3. The van der Waals surface area contributed by atoms with E-state index in [1.54, 1.807) is 29.2 Å². The zero-order valence-electron chi connectivity index (χ0n) is 13.0. The molecule has 0 aliphatic carbocycles. The zero-order chi connectivity index (χ0) is 17.6. The molecule has 128 valence electrons. The highest BCUT2D eigenvalue weighted by molar-refractivity contribution is 5.86. The van der Waals surface area contributed by atoms with Crippen molar-refractivity contribution in [1.82, 2.24) is 14.6 Å². The number of halogens is 2. The molecule has 1 aromatic carbocycles. The fourth-order valence-corrected chi connectivity index (χ4v) is 3.23. The fraction of sp³-hybridized carbons (Fsp3) is 0.235. The number of carboxylic acids is 1. The van der Waals surface area contributed by atoms with Gasteiger partial charge in [-0.2, -0.15) is 0 Å². The Labute approximate surface area is 141 Å². The first-order valence-corrected chi connectivity index (χ1v) is 7.77. The Morgan fingerprint density at radius 1 is 1.28 bits per heavy atom. The van der Waals surface area contributed by atoms with Gasteiger partial charge in [-0.15, -0.1) is 5.10 Å². The second-order valence-electron chi connectivity index (χ2n) is 5.97. The quantitative estimate of drug-likeness (QED) is 0.791. The Balaban J connectivity index is 1.77. The van der Waals surface area contributed by atoms with E-state index >= 15 is 0 Å². The topological polar surface area (TPSA) is 70.7 Å². The molecule has 1 aliphatic rings. The summed E-state index contributed by atoms with van der Waals surface area (Å²) in [6, 6.07) is 8.98. The maximum Gasteiger partial charge on any atom is 0.356 e. The minimum atomic E-state index is -1.15. The Morgan fingerprint density at radius 3 is 2.88 bits per heavy atom. The van der Waals surface area contributed by atoms with E-state index in [-0.39, 0.29) is 30.5 Å². The summed E-state index contributed by atoms with van der Waals surface area (Å²) in [5.74, 6) is -1.11. The smallest absolute Gasteiger partial charge is 0.356 e. The molecule has 3 heterocycles. The highest BCUT2D eigenvalue weighted by atomic mass is 19.1. The summed E-state index contributed by atoms with van der Waals surface area (Å²) in [7, 11) is 0. The molecular formula is C17H14F2N4O2. The molecule has 3 aromatic rings. The third-order valence-corrected chi connectivity index (χ3v) is 4.35. The number of carboxylic acid groups (broad SMARTS) is 1. The summed E-state index contributed by atoms with van der Waals surface area (Å²) >= 11 is 0. The van der Waals surface area contributed by atoms with Crippen LogP contribution in [0.3, 0.4) is 0 Å². The van der Waals surface area contributed by atoms with Gasteiger partial charge in [0.1, 0.15) is 17.8 Å². The molecule has 1 aliphatic heterocycles. The number of carbonyl (C=O) groups is 1. The Bertz CT molecular complexity index is 959. The molecule has 6 nitrogen and oxygen atoms in total. The van der Waals surface area contributed by atoms with Gasteiger partial charge in [0, 0.05) is 6.42 Å². The normalized spacial score (nSPS) is 20.3. The third kappa shape index (κ3) is 2.69. The van der Waals surface area contributed by atoms with E-state index < -0.39 is 12.1 Å². The second kappa shape index (κ2) is 5.80. The molecule has 1 saturated heterocycles. The van der Waals surface area contributed by atoms with Crippen LogP contribution in [0, 0.1) is 5.82 Å². The summed E-state index contributed by atoms with van der Waals surface area (Å²) in [5.41, 5.74) is 0.973. The monoisotopic (exact) mass is 344 g/mol. The number of hydrogen-bond acceptors (Lipinski definition) is 4. The second-order valence-corrected chi connectivity index (χ2v) is 5.97. The lowest BCUT2D eigenvalue weighted by atomic mass is 10.0. The van der Waals surface area contributed by atoms with Gasteiger partial charge < -0.3 is 10.0 Å². The molecule has 0 spiro atoms. The van der Waals surface area contributed by atoms with E-state index in [0.29, 0.717) is 17.0 Å². The molecule has 0 bridgehead atoms. The first-order chi connectivity index (χ1) is 12.0. The number of rotatable bonds is 3.